The van der Waals surface area contributed by atoms with Gasteiger partial charge in [0.15, 0.2) is 0 Å². The van der Waals surface area contributed by atoms with E-state index in [1.165, 1.54) is 18.4 Å². The SMILES string of the molecule is CCOC(=O)c1sc2ccc(C(=O)OC)cc2c1NCC(C)N. The number of anilines is 1. The van der Waals surface area contributed by atoms with Gasteiger partial charge in [0.05, 0.1) is 25.0 Å². The first kappa shape index (κ1) is 17.2. The summed E-state index contributed by atoms with van der Waals surface area (Å²) in [6.07, 6.45) is 0. The number of carbonyl (C=O) groups excluding carboxylic acids is 2. The van der Waals surface area contributed by atoms with E-state index in [0.29, 0.717) is 29.3 Å². The summed E-state index contributed by atoms with van der Waals surface area (Å²) in [5.41, 5.74) is 6.86. The zero-order valence-electron chi connectivity index (χ0n) is 13.3. The van der Waals surface area contributed by atoms with Gasteiger partial charge in [-0.1, -0.05) is 0 Å². The van der Waals surface area contributed by atoms with Crippen molar-refractivity contribution in [3.05, 3.63) is 28.6 Å². The number of ether oxygens (including phenoxy) is 2. The molecular weight excluding hydrogens is 316 g/mol. The quantitative estimate of drug-likeness (QED) is 0.788. The third-order valence-corrected chi connectivity index (χ3v) is 4.32. The predicted octanol–water partition coefficient (Wildman–Crippen LogP) is 2.62. The van der Waals surface area contributed by atoms with Crippen LogP contribution in [0.3, 0.4) is 0 Å². The first-order chi connectivity index (χ1) is 11.0. The summed E-state index contributed by atoms with van der Waals surface area (Å²) in [5.74, 6) is -0.811. The van der Waals surface area contributed by atoms with E-state index in [4.69, 9.17) is 15.2 Å². The number of hydrogen-bond acceptors (Lipinski definition) is 7. The Morgan fingerprint density at radius 2 is 2.09 bits per heavy atom. The van der Waals surface area contributed by atoms with Crippen molar-refractivity contribution in [2.45, 2.75) is 19.9 Å². The third kappa shape index (κ3) is 3.80. The lowest BCUT2D eigenvalue weighted by Gasteiger charge is -2.10. The Balaban J connectivity index is 2.53. The van der Waals surface area contributed by atoms with Crippen LogP contribution in [0, 0.1) is 0 Å². The second kappa shape index (κ2) is 7.43. The Morgan fingerprint density at radius 1 is 1.35 bits per heavy atom. The molecule has 7 heteroatoms. The van der Waals surface area contributed by atoms with Crippen molar-refractivity contribution < 1.29 is 19.1 Å². The van der Waals surface area contributed by atoms with Crippen LogP contribution in [0.2, 0.25) is 0 Å². The Hall–Kier alpha value is -2.12. The van der Waals surface area contributed by atoms with Crippen molar-refractivity contribution in [1.29, 1.82) is 0 Å². The molecule has 0 radical (unpaired) electrons. The van der Waals surface area contributed by atoms with Crippen molar-refractivity contribution in [1.82, 2.24) is 0 Å². The smallest absolute Gasteiger partial charge is 0.350 e. The lowest BCUT2D eigenvalue weighted by Crippen LogP contribution is -2.25. The lowest BCUT2D eigenvalue weighted by atomic mass is 10.1. The van der Waals surface area contributed by atoms with Crippen LogP contribution < -0.4 is 11.1 Å². The van der Waals surface area contributed by atoms with Crippen LogP contribution in [0.1, 0.15) is 33.9 Å². The van der Waals surface area contributed by atoms with Crippen LogP contribution in [0.15, 0.2) is 18.2 Å². The fourth-order valence-electron chi connectivity index (χ4n) is 2.12. The number of hydrogen-bond donors (Lipinski definition) is 2. The average molecular weight is 336 g/mol. The van der Waals surface area contributed by atoms with Crippen molar-refractivity contribution in [3.63, 3.8) is 0 Å². The maximum absolute atomic E-state index is 12.2. The molecule has 2 rings (SSSR count). The highest BCUT2D eigenvalue weighted by Gasteiger charge is 2.21. The highest BCUT2D eigenvalue weighted by Crippen LogP contribution is 2.37. The lowest BCUT2D eigenvalue weighted by molar-refractivity contribution is 0.0532. The summed E-state index contributed by atoms with van der Waals surface area (Å²) < 4.78 is 10.7. The van der Waals surface area contributed by atoms with E-state index < -0.39 is 5.97 Å². The molecule has 1 aromatic heterocycles. The normalized spacial score (nSPS) is 12.0. The van der Waals surface area contributed by atoms with Crippen LogP contribution in [0.25, 0.3) is 10.1 Å². The minimum atomic E-state index is -0.422. The van der Waals surface area contributed by atoms with Crippen molar-refractivity contribution >= 4 is 39.0 Å². The molecule has 23 heavy (non-hydrogen) atoms. The van der Waals surface area contributed by atoms with Gasteiger partial charge in [-0.05, 0) is 32.0 Å². The average Bonchev–Trinajstić information content (AvgIpc) is 2.90. The number of benzene rings is 1. The van der Waals surface area contributed by atoms with Gasteiger partial charge in [0.2, 0.25) is 0 Å². The van der Waals surface area contributed by atoms with Gasteiger partial charge in [-0.15, -0.1) is 11.3 Å². The highest BCUT2D eigenvalue weighted by atomic mass is 32.1. The van der Waals surface area contributed by atoms with Crippen LogP contribution in [0.4, 0.5) is 5.69 Å². The fourth-order valence-corrected chi connectivity index (χ4v) is 3.17. The van der Waals surface area contributed by atoms with Gasteiger partial charge in [-0.3, -0.25) is 0 Å². The Morgan fingerprint density at radius 3 is 2.70 bits per heavy atom. The van der Waals surface area contributed by atoms with E-state index in [-0.39, 0.29) is 12.0 Å². The molecule has 0 bridgehead atoms. The van der Waals surface area contributed by atoms with Gasteiger partial charge >= 0.3 is 11.9 Å². The molecule has 0 aliphatic rings. The number of methoxy groups -OCH3 is 1. The van der Waals surface area contributed by atoms with Crippen LogP contribution in [-0.4, -0.2) is 38.2 Å². The van der Waals surface area contributed by atoms with E-state index >= 15 is 0 Å². The third-order valence-electron chi connectivity index (χ3n) is 3.17. The van der Waals surface area contributed by atoms with Crippen molar-refractivity contribution in [2.75, 3.05) is 25.6 Å². The molecule has 124 valence electrons. The van der Waals surface area contributed by atoms with E-state index in [1.54, 1.807) is 25.1 Å². The molecule has 1 aromatic carbocycles. The maximum Gasteiger partial charge on any atom is 0.350 e. The minimum absolute atomic E-state index is 0.0798. The topological polar surface area (TPSA) is 90.7 Å². The van der Waals surface area contributed by atoms with Gasteiger partial charge in [0.1, 0.15) is 4.88 Å². The fraction of sp³-hybridized carbons (Fsp3) is 0.375. The molecule has 0 amide bonds. The number of carbonyl (C=O) groups is 2. The zero-order chi connectivity index (χ0) is 17.0. The molecule has 0 saturated carbocycles. The first-order valence-corrected chi connectivity index (χ1v) is 8.11. The number of nitrogens with two attached hydrogens (primary N) is 1. The van der Waals surface area contributed by atoms with Gasteiger partial charge in [0, 0.05) is 22.7 Å². The second-order valence-corrected chi connectivity index (χ2v) is 6.14. The van der Waals surface area contributed by atoms with Crippen LogP contribution in [0.5, 0.6) is 0 Å². The molecule has 0 aliphatic heterocycles. The molecule has 1 unspecified atom stereocenters. The maximum atomic E-state index is 12.2. The summed E-state index contributed by atoms with van der Waals surface area (Å²) in [6, 6.07) is 5.11. The molecule has 0 spiro atoms. The Labute approximate surface area is 138 Å². The van der Waals surface area contributed by atoms with E-state index in [1.807, 2.05) is 6.92 Å². The summed E-state index contributed by atoms with van der Waals surface area (Å²) >= 11 is 1.32. The molecule has 0 fully saturated rings. The molecule has 6 nitrogen and oxygen atoms in total. The summed E-state index contributed by atoms with van der Waals surface area (Å²) in [5, 5.41) is 3.97. The molecule has 0 saturated heterocycles. The van der Waals surface area contributed by atoms with Gasteiger partial charge in [-0.2, -0.15) is 0 Å². The summed E-state index contributed by atoms with van der Waals surface area (Å²) in [4.78, 5) is 24.4. The Kier molecular flexibility index (Phi) is 5.57. The number of esters is 2. The number of thiophene rings is 1. The molecule has 1 atom stereocenters. The largest absolute Gasteiger partial charge is 0.465 e. The molecule has 1 heterocycles. The molecule has 3 N–H and O–H groups in total. The zero-order valence-corrected chi connectivity index (χ0v) is 14.2. The van der Waals surface area contributed by atoms with Gasteiger partial charge in [-0.25, -0.2) is 9.59 Å². The molecular formula is C16H20N2O4S. The van der Waals surface area contributed by atoms with Crippen molar-refractivity contribution in [3.8, 4) is 0 Å². The predicted molar refractivity (Wildman–Crippen MR) is 91.3 cm³/mol. The summed E-state index contributed by atoms with van der Waals surface area (Å²) in [7, 11) is 1.33. The van der Waals surface area contributed by atoms with Gasteiger partial charge < -0.3 is 20.5 Å². The summed E-state index contributed by atoms with van der Waals surface area (Å²) in [6.45, 7) is 4.43. The van der Waals surface area contributed by atoms with Crippen LogP contribution >= 0.6 is 11.3 Å². The first-order valence-electron chi connectivity index (χ1n) is 7.29. The highest BCUT2D eigenvalue weighted by molar-refractivity contribution is 7.21. The minimum Gasteiger partial charge on any atom is -0.465 e. The second-order valence-electron chi connectivity index (χ2n) is 5.09. The van der Waals surface area contributed by atoms with Crippen LogP contribution in [-0.2, 0) is 9.47 Å². The van der Waals surface area contributed by atoms with Crippen molar-refractivity contribution in [2.24, 2.45) is 5.73 Å². The van der Waals surface area contributed by atoms with Gasteiger partial charge in [0.25, 0.3) is 0 Å². The number of fused-ring (bicyclic) bond motifs is 1. The molecule has 0 aliphatic carbocycles. The Bertz CT molecular complexity index is 724. The van der Waals surface area contributed by atoms with E-state index in [2.05, 4.69) is 5.32 Å². The molecule has 2 aromatic rings. The number of nitrogens with one attached hydrogen (secondary N) is 1. The standard InChI is InChI=1S/C16H20N2O4S/c1-4-22-16(20)14-13(18-8-9(2)17)11-7-10(15(19)21-3)5-6-12(11)23-14/h5-7,9,18H,4,8,17H2,1-3H3. The van der Waals surface area contributed by atoms with E-state index in [0.717, 1.165) is 10.1 Å². The number of rotatable bonds is 6. The monoisotopic (exact) mass is 336 g/mol. The van der Waals surface area contributed by atoms with E-state index in [9.17, 15) is 9.59 Å².